The number of rotatable bonds is 4. The van der Waals surface area contributed by atoms with Crippen LogP contribution in [0.15, 0.2) is 60.8 Å². The Kier molecular flexibility index (Phi) is 3.78. The van der Waals surface area contributed by atoms with Gasteiger partial charge in [0.1, 0.15) is 0 Å². The largest absolute Gasteiger partial charge is 0.289 e. The number of pyridine rings is 1. The third kappa shape index (κ3) is 2.84. The van der Waals surface area contributed by atoms with Gasteiger partial charge in [0.15, 0.2) is 5.78 Å². The average molecular weight is 275 g/mol. The molecule has 2 heteroatoms. The van der Waals surface area contributed by atoms with Gasteiger partial charge in [-0.1, -0.05) is 55.8 Å². The van der Waals surface area contributed by atoms with Crippen LogP contribution in [0.2, 0.25) is 0 Å². The Morgan fingerprint density at radius 3 is 2.52 bits per heavy atom. The lowest BCUT2D eigenvalue weighted by molar-refractivity contribution is 0.103. The van der Waals surface area contributed by atoms with E-state index in [2.05, 4.69) is 11.9 Å². The number of benzene rings is 2. The number of ketones is 1. The van der Waals surface area contributed by atoms with Gasteiger partial charge in [0, 0.05) is 22.7 Å². The Labute approximate surface area is 124 Å². The van der Waals surface area contributed by atoms with Crippen molar-refractivity contribution in [2.45, 2.75) is 19.8 Å². The van der Waals surface area contributed by atoms with Gasteiger partial charge in [-0.05, 0) is 24.1 Å². The molecule has 21 heavy (non-hydrogen) atoms. The lowest BCUT2D eigenvalue weighted by Gasteiger charge is -2.04. The van der Waals surface area contributed by atoms with Crippen molar-refractivity contribution in [3.05, 3.63) is 77.5 Å². The van der Waals surface area contributed by atoms with E-state index in [1.165, 1.54) is 5.56 Å². The highest BCUT2D eigenvalue weighted by atomic mass is 16.1. The molecule has 0 N–H and O–H groups in total. The van der Waals surface area contributed by atoms with Gasteiger partial charge in [-0.2, -0.15) is 0 Å². The molecule has 0 aliphatic rings. The summed E-state index contributed by atoms with van der Waals surface area (Å²) in [6, 6.07) is 17.6. The number of hydrogen-bond donors (Lipinski definition) is 0. The maximum atomic E-state index is 12.5. The maximum absolute atomic E-state index is 12.5. The fraction of sp³-hybridized carbons (Fsp3) is 0.158. The van der Waals surface area contributed by atoms with Crippen molar-refractivity contribution in [1.29, 1.82) is 0 Å². The predicted octanol–water partition coefficient (Wildman–Crippen LogP) is 4.42. The molecule has 0 unspecified atom stereocenters. The molecule has 0 saturated carbocycles. The highest BCUT2D eigenvalue weighted by molar-refractivity contribution is 6.10. The fourth-order valence-electron chi connectivity index (χ4n) is 2.47. The lowest BCUT2D eigenvalue weighted by atomic mass is 10.0. The van der Waals surface area contributed by atoms with Gasteiger partial charge in [0.05, 0.1) is 5.52 Å². The van der Waals surface area contributed by atoms with Crippen LogP contribution in [-0.2, 0) is 6.42 Å². The number of hydrogen-bond acceptors (Lipinski definition) is 2. The molecule has 0 aliphatic heterocycles. The number of carbonyl (C=O) groups excluding carboxylic acids is 1. The zero-order valence-electron chi connectivity index (χ0n) is 12.0. The molecule has 3 rings (SSSR count). The van der Waals surface area contributed by atoms with Crippen molar-refractivity contribution in [3.63, 3.8) is 0 Å². The molecule has 0 spiro atoms. The third-order valence-electron chi connectivity index (χ3n) is 3.61. The summed E-state index contributed by atoms with van der Waals surface area (Å²) in [5.74, 6) is 0.0244. The van der Waals surface area contributed by atoms with E-state index < -0.39 is 0 Å². The standard InChI is InChI=1S/C19H17NO/c1-2-5-14-8-10-15(11-9-14)19(21)17-12-16-6-3-4-7-18(16)20-13-17/h3-4,6-13H,2,5H2,1H3. The zero-order chi connectivity index (χ0) is 14.7. The van der Waals surface area contributed by atoms with Crippen LogP contribution in [-0.4, -0.2) is 10.8 Å². The molecule has 0 atom stereocenters. The molecule has 0 saturated heterocycles. The van der Waals surface area contributed by atoms with Crippen molar-refractivity contribution in [1.82, 2.24) is 4.98 Å². The lowest BCUT2D eigenvalue weighted by Crippen LogP contribution is -2.02. The molecule has 2 nitrogen and oxygen atoms in total. The maximum Gasteiger partial charge on any atom is 0.194 e. The van der Waals surface area contributed by atoms with E-state index >= 15 is 0 Å². The Morgan fingerprint density at radius 1 is 1.00 bits per heavy atom. The normalized spacial score (nSPS) is 10.7. The van der Waals surface area contributed by atoms with Crippen molar-refractivity contribution >= 4 is 16.7 Å². The Balaban J connectivity index is 1.92. The van der Waals surface area contributed by atoms with E-state index in [-0.39, 0.29) is 5.78 Å². The molecule has 104 valence electrons. The molecule has 0 fully saturated rings. The number of aryl methyl sites for hydroxylation is 1. The summed E-state index contributed by atoms with van der Waals surface area (Å²) >= 11 is 0. The van der Waals surface area contributed by atoms with E-state index in [1.807, 2.05) is 54.6 Å². The smallest absolute Gasteiger partial charge is 0.194 e. The van der Waals surface area contributed by atoms with Crippen LogP contribution >= 0.6 is 0 Å². The van der Waals surface area contributed by atoms with E-state index in [4.69, 9.17) is 0 Å². The van der Waals surface area contributed by atoms with E-state index in [0.717, 1.165) is 23.7 Å². The minimum atomic E-state index is 0.0244. The topological polar surface area (TPSA) is 30.0 Å². The van der Waals surface area contributed by atoms with Crippen LogP contribution in [0.25, 0.3) is 10.9 Å². The van der Waals surface area contributed by atoms with Crippen LogP contribution in [0.1, 0.15) is 34.8 Å². The van der Waals surface area contributed by atoms with Crippen LogP contribution in [0.3, 0.4) is 0 Å². The minimum absolute atomic E-state index is 0.0244. The highest BCUT2D eigenvalue weighted by Crippen LogP contribution is 2.16. The quantitative estimate of drug-likeness (QED) is 0.660. The molecule has 1 heterocycles. The van der Waals surface area contributed by atoms with Crippen LogP contribution in [0.4, 0.5) is 0 Å². The molecular weight excluding hydrogens is 258 g/mol. The van der Waals surface area contributed by atoms with Crippen LogP contribution in [0.5, 0.6) is 0 Å². The number of fused-ring (bicyclic) bond motifs is 1. The van der Waals surface area contributed by atoms with Gasteiger partial charge in [0.2, 0.25) is 0 Å². The van der Waals surface area contributed by atoms with Gasteiger partial charge in [-0.25, -0.2) is 0 Å². The zero-order valence-corrected chi connectivity index (χ0v) is 12.0. The predicted molar refractivity (Wildman–Crippen MR) is 85.6 cm³/mol. The molecule has 0 radical (unpaired) electrons. The molecule has 1 aromatic heterocycles. The van der Waals surface area contributed by atoms with Gasteiger partial charge < -0.3 is 0 Å². The Hall–Kier alpha value is -2.48. The summed E-state index contributed by atoms with van der Waals surface area (Å²) in [5, 5.41) is 0.992. The van der Waals surface area contributed by atoms with E-state index in [0.29, 0.717) is 11.1 Å². The first-order valence-electron chi connectivity index (χ1n) is 7.26. The van der Waals surface area contributed by atoms with Crippen LogP contribution < -0.4 is 0 Å². The minimum Gasteiger partial charge on any atom is -0.289 e. The molecular formula is C19H17NO. The first kappa shape index (κ1) is 13.5. The first-order valence-corrected chi connectivity index (χ1v) is 7.26. The highest BCUT2D eigenvalue weighted by Gasteiger charge is 2.10. The second-order valence-electron chi connectivity index (χ2n) is 5.19. The van der Waals surface area contributed by atoms with E-state index in [9.17, 15) is 4.79 Å². The molecule has 0 amide bonds. The second-order valence-corrected chi connectivity index (χ2v) is 5.19. The Morgan fingerprint density at radius 2 is 1.76 bits per heavy atom. The molecule has 0 aliphatic carbocycles. The number of para-hydroxylation sites is 1. The van der Waals surface area contributed by atoms with Crippen molar-refractivity contribution in [2.75, 3.05) is 0 Å². The molecule has 2 aromatic carbocycles. The van der Waals surface area contributed by atoms with Gasteiger partial charge >= 0.3 is 0 Å². The van der Waals surface area contributed by atoms with Gasteiger partial charge in [0.25, 0.3) is 0 Å². The van der Waals surface area contributed by atoms with Gasteiger partial charge in [-0.3, -0.25) is 9.78 Å². The number of carbonyl (C=O) groups is 1. The van der Waals surface area contributed by atoms with Crippen LogP contribution in [0, 0.1) is 0 Å². The summed E-state index contributed by atoms with van der Waals surface area (Å²) in [6.07, 6.45) is 3.82. The summed E-state index contributed by atoms with van der Waals surface area (Å²) < 4.78 is 0. The summed E-state index contributed by atoms with van der Waals surface area (Å²) in [4.78, 5) is 16.9. The number of aromatic nitrogens is 1. The SMILES string of the molecule is CCCc1ccc(C(=O)c2cnc3ccccc3c2)cc1. The van der Waals surface area contributed by atoms with Gasteiger partial charge in [-0.15, -0.1) is 0 Å². The fourth-order valence-corrected chi connectivity index (χ4v) is 2.47. The monoisotopic (exact) mass is 275 g/mol. The van der Waals surface area contributed by atoms with Crippen molar-refractivity contribution in [3.8, 4) is 0 Å². The first-order chi connectivity index (χ1) is 10.3. The summed E-state index contributed by atoms with van der Waals surface area (Å²) in [6.45, 7) is 2.15. The second kappa shape index (κ2) is 5.88. The Bertz CT molecular complexity index is 775. The number of nitrogens with zero attached hydrogens (tertiary/aromatic N) is 1. The van der Waals surface area contributed by atoms with Crippen molar-refractivity contribution < 1.29 is 4.79 Å². The molecule has 0 bridgehead atoms. The summed E-state index contributed by atoms with van der Waals surface area (Å²) in [7, 11) is 0. The third-order valence-corrected chi connectivity index (χ3v) is 3.61. The van der Waals surface area contributed by atoms with E-state index in [1.54, 1.807) is 6.20 Å². The van der Waals surface area contributed by atoms with Crippen molar-refractivity contribution in [2.24, 2.45) is 0 Å². The summed E-state index contributed by atoms with van der Waals surface area (Å²) in [5.41, 5.74) is 3.53. The molecule has 3 aromatic rings. The average Bonchev–Trinajstić information content (AvgIpc) is 2.55.